The summed E-state index contributed by atoms with van der Waals surface area (Å²) < 4.78 is 24.5. The molecule has 0 aliphatic heterocycles. The van der Waals surface area contributed by atoms with Gasteiger partial charge in [0.25, 0.3) is 0 Å². The Kier molecular flexibility index (Phi) is 5.51. The molecule has 0 fully saturated rings. The summed E-state index contributed by atoms with van der Waals surface area (Å²) >= 11 is 0. The number of ether oxygens (including phenoxy) is 2. The normalized spacial score (nSPS) is 13.9. The molecule has 0 bridgehead atoms. The molecule has 4 nitrogen and oxygen atoms in total. The van der Waals surface area contributed by atoms with Crippen molar-refractivity contribution in [3.05, 3.63) is 29.6 Å². The third-order valence-corrected chi connectivity index (χ3v) is 3.51. The lowest BCUT2D eigenvalue weighted by atomic mass is 9.86. The van der Waals surface area contributed by atoms with E-state index in [9.17, 15) is 9.18 Å². The van der Waals surface area contributed by atoms with Crippen LogP contribution in [0.2, 0.25) is 0 Å². The molecule has 1 aromatic rings. The topological polar surface area (TPSA) is 38.8 Å². The van der Waals surface area contributed by atoms with Crippen molar-refractivity contribution in [2.24, 2.45) is 0 Å². The second-order valence-electron chi connectivity index (χ2n) is 4.97. The Morgan fingerprint density at radius 2 is 2.05 bits per heavy atom. The summed E-state index contributed by atoms with van der Waals surface area (Å²) in [5, 5.41) is 0. The van der Waals surface area contributed by atoms with E-state index in [4.69, 9.17) is 9.47 Å². The molecule has 5 heteroatoms. The zero-order valence-corrected chi connectivity index (χ0v) is 12.7. The summed E-state index contributed by atoms with van der Waals surface area (Å²) in [7, 11) is 5.08. The average molecular weight is 283 g/mol. The van der Waals surface area contributed by atoms with Gasteiger partial charge in [-0.1, -0.05) is 6.07 Å². The fraction of sp³-hybridized carbons (Fsp3) is 0.533. The monoisotopic (exact) mass is 283 g/mol. The smallest absolute Gasteiger partial charge is 0.308 e. The Hall–Kier alpha value is -1.62. The summed E-state index contributed by atoms with van der Waals surface area (Å²) in [5.41, 5.74) is -0.483. The average Bonchev–Trinajstić information content (AvgIpc) is 2.37. The SMILES string of the molecule is CCOC(=O)CC(C)(c1c(F)cccc1OC)N(C)C. The Balaban J connectivity index is 3.29. The minimum Gasteiger partial charge on any atom is -0.496 e. The highest BCUT2D eigenvalue weighted by atomic mass is 19.1. The van der Waals surface area contributed by atoms with Crippen molar-refractivity contribution in [3.8, 4) is 5.75 Å². The number of halogens is 1. The van der Waals surface area contributed by atoms with Crippen LogP contribution in [0.5, 0.6) is 5.75 Å². The van der Waals surface area contributed by atoms with Crippen LogP contribution < -0.4 is 4.74 Å². The molecule has 1 rings (SSSR count). The highest BCUT2D eigenvalue weighted by Crippen LogP contribution is 2.38. The van der Waals surface area contributed by atoms with E-state index in [1.54, 1.807) is 45.0 Å². The first-order valence-electron chi connectivity index (χ1n) is 6.52. The van der Waals surface area contributed by atoms with Crippen LogP contribution in [0, 0.1) is 5.82 Å². The molecular weight excluding hydrogens is 261 g/mol. The maximum atomic E-state index is 14.3. The zero-order valence-electron chi connectivity index (χ0n) is 12.7. The van der Waals surface area contributed by atoms with Gasteiger partial charge in [-0.25, -0.2) is 4.39 Å². The molecule has 112 valence electrons. The van der Waals surface area contributed by atoms with Crippen molar-refractivity contribution in [1.82, 2.24) is 4.90 Å². The summed E-state index contributed by atoms with van der Waals surface area (Å²) in [5.74, 6) is -0.343. The lowest BCUT2D eigenvalue weighted by Gasteiger charge is -2.37. The van der Waals surface area contributed by atoms with Crippen LogP contribution in [0.4, 0.5) is 4.39 Å². The lowest BCUT2D eigenvalue weighted by Crippen LogP contribution is -2.42. The second kappa shape index (κ2) is 6.70. The minimum absolute atomic E-state index is 0.0468. The Bertz CT molecular complexity index is 476. The van der Waals surface area contributed by atoms with Crippen molar-refractivity contribution >= 4 is 5.97 Å². The summed E-state index contributed by atoms with van der Waals surface area (Å²) in [6.07, 6.45) is 0.0468. The van der Waals surface area contributed by atoms with Crippen LogP contribution >= 0.6 is 0 Å². The van der Waals surface area contributed by atoms with Crippen LogP contribution in [0.1, 0.15) is 25.8 Å². The Labute approximate surface area is 119 Å². The third kappa shape index (κ3) is 3.28. The maximum absolute atomic E-state index is 14.3. The molecule has 1 unspecified atom stereocenters. The van der Waals surface area contributed by atoms with Gasteiger partial charge in [-0.2, -0.15) is 0 Å². The molecule has 0 heterocycles. The van der Waals surface area contributed by atoms with Gasteiger partial charge >= 0.3 is 5.97 Å². The van der Waals surface area contributed by atoms with Crippen LogP contribution in [0.15, 0.2) is 18.2 Å². The standard InChI is InChI=1S/C15H22FNO3/c1-6-20-13(18)10-15(2,17(3)4)14-11(16)8-7-9-12(14)19-5/h7-9H,6,10H2,1-5H3. The molecule has 0 aliphatic carbocycles. The van der Waals surface area contributed by atoms with Gasteiger partial charge in [0.15, 0.2) is 0 Å². The van der Waals surface area contributed by atoms with Gasteiger partial charge in [0.2, 0.25) is 0 Å². The highest BCUT2D eigenvalue weighted by Gasteiger charge is 2.37. The molecule has 0 amide bonds. The minimum atomic E-state index is -0.844. The lowest BCUT2D eigenvalue weighted by molar-refractivity contribution is -0.146. The first-order valence-corrected chi connectivity index (χ1v) is 6.52. The predicted molar refractivity (Wildman–Crippen MR) is 75.2 cm³/mol. The number of rotatable bonds is 6. The first-order chi connectivity index (χ1) is 9.36. The highest BCUT2D eigenvalue weighted by molar-refractivity contribution is 5.71. The number of carbonyl (C=O) groups excluding carboxylic acids is 1. The van der Waals surface area contributed by atoms with Crippen molar-refractivity contribution in [3.63, 3.8) is 0 Å². The predicted octanol–water partition coefficient (Wildman–Crippen LogP) is 2.56. The number of esters is 1. The van der Waals surface area contributed by atoms with Crippen LogP contribution in [0.3, 0.4) is 0 Å². The molecule has 0 aliphatic rings. The number of carbonyl (C=O) groups is 1. The van der Waals surface area contributed by atoms with E-state index in [-0.39, 0.29) is 12.4 Å². The van der Waals surface area contributed by atoms with E-state index < -0.39 is 11.4 Å². The molecule has 0 spiro atoms. The maximum Gasteiger partial charge on any atom is 0.308 e. The Morgan fingerprint density at radius 3 is 2.55 bits per heavy atom. The van der Waals surface area contributed by atoms with E-state index in [0.29, 0.717) is 17.9 Å². The largest absolute Gasteiger partial charge is 0.496 e. The van der Waals surface area contributed by atoms with Gasteiger partial charge in [-0.3, -0.25) is 9.69 Å². The van der Waals surface area contributed by atoms with Gasteiger partial charge in [-0.05, 0) is 40.1 Å². The molecule has 1 atom stereocenters. The first kappa shape index (κ1) is 16.4. The van der Waals surface area contributed by atoms with Gasteiger partial charge in [0.05, 0.1) is 31.2 Å². The molecular formula is C15H22FNO3. The van der Waals surface area contributed by atoms with Crippen molar-refractivity contribution in [2.45, 2.75) is 25.8 Å². The number of hydrogen-bond acceptors (Lipinski definition) is 4. The molecule has 1 aromatic carbocycles. The van der Waals surface area contributed by atoms with Crippen molar-refractivity contribution in [1.29, 1.82) is 0 Å². The van der Waals surface area contributed by atoms with Gasteiger partial charge < -0.3 is 9.47 Å². The van der Waals surface area contributed by atoms with Gasteiger partial charge in [-0.15, -0.1) is 0 Å². The molecule has 0 aromatic heterocycles. The van der Waals surface area contributed by atoms with Crippen LogP contribution in [-0.4, -0.2) is 38.7 Å². The van der Waals surface area contributed by atoms with E-state index in [1.807, 2.05) is 0 Å². The molecule has 20 heavy (non-hydrogen) atoms. The van der Waals surface area contributed by atoms with E-state index in [1.165, 1.54) is 13.2 Å². The van der Waals surface area contributed by atoms with Gasteiger partial charge in [0, 0.05) is 0 Å². The number of benzene rings is 1. The number of hydrogen-bond donors (Lipinski definition) is 0. The summed E-state index contributed by atoms with van der Waals surface area (Å²) in [6.45, 7) is 3.84. The van der Waals surface area contributed by atoms with Crippen LogP contribution in [0.25, 0.3) is 0 Å². The zero-order chi connectivity index (χ0) is 15.3. The van der Waals surface area contributed by atoms with Crippen molar-refractivity contribution < 1.29 is 18.7 Å². The van der Waals surface area contributed by atoms with Crippen molar-refractivity contribution in [2.75, 3.05) is 27.8 Å². The summed E-state index contributed by atoms with van der Waals surface area (Å²) in [6, 6.07) is 4.63. The number of methoxy groups -OCH3 is 1. The third-order valence-electron chi connectivity index (χ3n) is 3.51. The van der Waals surface area contributed by atoms with Gasteiger partial charge in [0.1, 0.15) is 11.6 Å². The second-order valence-corrected chi connectivity index (χ2v) is 4.97. The van der Waals surface area contributed by atoms with E-state index in [2.05, 4.69) is 0 Å². The van der Waals surface area contributed by atoms with E-state index >= 15 is 0 Å². The molecule has 0 N–H and O–H groups in total. The molecule has 0 saturated heterocycles. The number of nitrogens with zero attached hydrogens (tertiary/aromatic N) is 1. The quantitative estimate of drug-likeness (QED) is 0.752. The fourth-order valence-electron chi connectivity index (χ4n) is 2.16. The van der Waals surface area contributed by atoms with Crippen LogP contribution in [-0.2, 0) is 15.1 Å². The summed E-state index contributed by atoms with van der Waals surface area (Å²) in [4.78, 5) is 13.6. The fourth-order valence-corrected chi connectivity index (χ4v) is 2.16. The molecule has 0 radical (unpaired) electrons. The van der Waals surface area contributed by atoms with E-state index in [0.717, 1.165) is 0 Å². The molecule has 0 saturated carbocycles. The Morgan fingerprint density at radius 1 is 1.40 bits per heavy atom.